The lowest BCUT2D eigenvalue weighted by molar-refractivity contribution is -0.191. The molecule has 0 spiro atoms. The van der Waals surface area contributed by atoms with Gasteiger partial charge in [-0.3, -0.25) is 9.59 Å². The van der Waals surface area contributed by atoms with Crippen molar-refractivity contribution in [2.75, 3.05) is 6.61 Å². The number of hydrogen-bond donors (Lipinski definition) is 1. The molecule has 1 saturated heterocycles. The molecule has 1 heterocycles. The summed E-state index contributed by atoms with van der Waals surface area (Å²) >= 11 is 0. The number of aliphatic carboxylic acids is 1. The first-order valence-corrected chi connectivity index (χ1v) is 10.1. The van der Waals surface area contributed by atoms with Crippen LogP contribution < -0.4 is 0 Å². The van der Waals surface area contributed by atoms with Crippen LogP contribution in [-0.4, -0.2) is 35.9 Å². The average Bonchev–Trinajstić information content (AvgIpc) is 2.60. The SMILES string of the molecule is CCCCCCC(C(=O)O)C(=O)CC(CCCC)O[C@@H]1CCCCO1. The van der Waals surface area contributed by atoms with Crippen LogP contribution >= 0.6 is 0 Å². The lowest BCUT2D eigenvalue weighted by Gasteiger charge is -2.28. The first kappa shape index (κ1) is 22.1. The Hall–Kier alpha value is -0.940. The summed E-state index contributed by atoms with van der Waals surface area (Å²) in [6.07, 6.45) is 9.89. The van der Waals surface area contributed by atoms with Crippen LogP contribution in [0.5, 0.6) is 0 Å². The molecule has 0 bridgehead atoms. The van der Waals surface area contributed by atoms with Gasteiger partial charge >= 0.3 is 5.97 Å². The first-order chi connectivity index (χ1) is 12.1. The minimum absolute atomic E-state index is 0.185. The molecule has 0 saturated carbocycles. The first-order valence-electron chi connectivity index (χ1n) is 10.1. The van der Waals surface area contributed by atoms with Crippen molar-refractivity contribution in [3.05, 3.63) is 0 Å². The van der Waals surface area contributed by atoms with Crippen LogP contribution in [0, 0.1) is 5.92 Å². The van der Waals surface area contributed by atoms with Crippen molar-refractivity contribution in [1.29, 1.82) is 0 Å². The van der Waals surface area contributed by atoms with Crippen molar-refractivity contribution in [2.45, 2.75) is 103 Å². The van der Waals surface area contributed by atoms with E-state index in [2.05, 4.69) is 13.8 Å². The Morgan fingerprint density at radius 2 is 1.84 bits per heavy atom. The summed E-state index contributed by atoms with van der Waals surface area (Å²) in [6, 6.07) is 0. The van der Waals surface area contributed by atoms with Gasteiger partial charge in [-0.2, -0.15) is 0 Å². The molecule has 5 heteroatoms. The maximum absolute atomic E-state index is 12.6. The van der Waals surface area contributed by atoms with E-state index in [1.165, 1.54) is 0 Å². The van der Waals surface area contributed by atoms with Crippen LogP contribution in [0.2, 0.25) is 0 Å². The van der Waals surface area contributed by atoms with E-state index in [0.717, 1.165) is 64.2 Å². The van der Waals surface area contributed by atoms with Gasteiger partial charge in [0.1, 0.15) is 11.7 Å². The Morgan fingerprint density at radius 1 is 1.08 bits per heavy atom. The lowest BCUT2D eigenvalue weighted by Crippen LogP contribution is -2.32. The van der Waals surface area contributed by atoms with E-state index in [4.69, 9.17) is 9.47 Å². The minimum atomic E-state index is -0.996. The monoisotopic (exact) mass is 356 g/mol. The highest BCUT2D eigenvalue weighted by Crippen LogP contribution is 2.22. The standard InChI is InChI=1S/C20H36O5/c1-3-5-7-8-12-17(20(22)23)18(21)15-16(11-6-4-2)25-19-13-9-10-14-24-19/h16-17,19H,3-15H2,1-2H3,(H,22,23)/t16?,17?,19-/m1/s1. The molecule has 0 aromatic rings. The Morgan fingerprint density at radius 3 is 2.44 bits per heavy atom. The van der Waals surface area contributed by atoms with Crippen LogP contribution in [0.15, 0.2) is 0 Å². The molecule has 1 aliphatic rings. The summed E-state index contributed by atoms with van der Waals surface area (Å²) in [7, 11) is 0. The number of rotatable bonds is 14. The molecule has 2 unspecified atom stereocenters. The van der Waals surface area contributed by atoms with E-state index in [0.29, 0.717) is 13.0 Å². The second-order valence-electron chi connectivity index (χ2n) is 7.11. The topological polar surface area (TPSA) is 72.8 Å². The van der Waals surface area contributed by atoms with Gasteiger partial charge in [0, 0.05) is 13.0 Å². The Labute approximate surface area is 152 Å². The van der Waals surface area contributed by atoms with Crippen LogP contribution in [-0.2, 0) is 19.1 Å². The predicted octanol–water partition coefficient (Wildman–Crippen LogP) is 4.72. The van der Waals surface area contributed by atoms with Crippen molar-refractivity contribution in [1.82, 2.24) is 0 Å². The van der Waals surface area contributed by atoms with Gasteiger partial charge in [0.2, 0.25) is 0 Å². The Bertz CT molecular complexity index is 376. The van der Waals surface area contributed by atoms with Gasteiger partial charge in [-0.05, 0) is 32.1 Å². The van der Waals surface area contributed by atoms with Gasteiger partial charge in [-0.1, -0.05) is 52.4 Å². The van der Waals surface area contributed by atoms with Gasteiger partial charge in [0.15, 0.2) is 6.29 Å². The highest BCUT2D eigenvalue weighted by molar-refractivity contribution is 5.98. The summed E-state index contributed by atoms with van der Waals surface area (Å²) in [4.78, 5) is 24.1. The van der Waals surface area contributed by atoms with Crippen molar-refractivity contribution in [3.63, 3.8) is 0 Å². The normalized spacial score (nSPS) is 20.2. The van der Waals surface area contributed by atoms with E-state index in [1.807, 2.05) is 0 Å². The van der Waals surface area contributed by atoms with Gasteiger partial charge in [0.25, 0.3) is 0 Å². The van der Waals surface area contributed by atoms with Crippen molar-refractivity contribution < 1.29 is 24.2 Å². The van der Waals surface area contributed by atoms with E-state index in [-0.39, 0.29) is 24.6 Å². The zero-order valence-corrected chi connectivity index (χ0v) is 16.0. The van der Waals surface area contributed by atoms with E-state index >= 15 is 0 Å². The summed E-state index contributed by atoms with van der Waals surface area (Å²) in [5.41, 5.74) is 0. The fourth-order valence-corrected chi connectivity index (χ4v) is 3.25. The van der Waals surface area contributed by atoms with Crippen LogP contribution in [0.3, 0.4) is 0 Å². The molecule has 1 aliphatic heterocycles. The summed E-state index contributed by atoms with van der Waals surface area (Å²) in [5, 5.41) is 9.42. The average molecular weight is 357 g/mol. The number of carboxylic acid groups (broad SMARTS) is 1. The van der Waals surface area contributed by atoms with Crippen LogP contribution in [0.4, 0.5) is 0 Å². The highest BCUT2D eigenvalue weighted by atomic mass is 16.7. The molecule has 0 amide bonds. The molecule has 5 nitrogen and oxygen atoms in total. The molecule has 1 fully saturated rings. The van der Waals surface area contributed by atoms with Gasteiger partial charge < -0.3 is 14.6 Å². The van der Waals surface area contributed by atoms with Crippen LogP contribution in [0.1, 0.15) is 90.9 Å². The van der Waals surface area contributed by atoms with Gasteiger partial charge in [0.05, 0.1) is 6.10 Å². The molecular weight excluding hydrogens is 320 g/mol. The molecule has 0 radical (unpaired) electrons. The van der Waals surface area contributed by atoms with E-state index < -0.39 is 11.9 Å². The number of ether oxygens (including phenoxy) is 2. The van der Waals surface area contributed by atoms with Crippen molar-refractivity contribution in [2.24, 2.45) is 5.92 Å². The Balaban J connectivity index is 2.54. The number of carbonyl (C=O) groups is 2. The molecule has 0 aliphatic carbocycles. The number of ketones is 1. The summed E-state index contributed by atoms with van der Waals surface area (Å²) in [6.45, 7) is 4.92. The molecule has 0 aromatic heterocycles. The molecule has 146 valence electrons. The lowest BCUT2D eigenvalue weighted by atomic mass is 9.92. The predicted molar refractivity (Wildman–Crippen MR) is 97.5 cm³/mol. The largest absolute Gasteiger partial charge is 0.481 e. The molecular formula is C20H36O5. The minimum Gasteiger partial charge on any atom is -0.481 e. The maximum atomic E-state index is 12.6. The fourth-order valence-electron chi connectivity index (χ4n) is 3.25. The fraction of sp³-hybridized carbons (Fsp3) is 0.900. The number of Topliss-reactive ketones (excluding diaryl/α,β-unsaturated/α-hetero) is 1. The number of unbranched alkanes of at least 4 members (excludes halogenated alkanes) is 4. The van der Waals surface area contributed by atoms with Crippen LogP contribution in [0.25, 0.3) is 0 Å². The van der Waals surface area contributed by atoms with Gasteiger partial charge in [-0.15, -0.1) is 0 Å². The smallest absolute Gasteiger partial charge is 0.314 e. The van der Waals surface area contributed by atoms with Crippen molar-refractivity contribution in [3.8, 4) is 0 Å². The summed E-state index contributed by atoms with van der Waals surface area (Å²) in [5.74, 6) is -2.08. The molecule has 25 heavy (non-hydrogen) atoms. The highest BCUT2D eigenvalue weighted by Gasteiger charge is 2.29. The van der Waals surface area contributed by atoms with Gasteiger partial charge in [-0.25, -0.2) is 0 Å². The van der Waals surface area contributed by atoms with Crippen molar-refractivity contribution >= 4 is 11.8 Å². The third-order valence-corrected chi connectivity index (χ3v) is 4.82. The summed E-state index contributed by atoms with van der Waals surface area (Å²) < 4.78 is 11.6. The molecule has 0 aromatic carbocycles. The number of carboxylic acids is 1. The van der Waals surface area contributed by atoms with E-state index in [9.17, 15) is 14.7 Å². The maximum Gasteiger partial charge on any atom is 0.314 e. The van der Waals surface area contributed by atoms with E-state index in [1.54, 1.807) is 0 Å². The Kier molecular flexibility index (Phi) is 11.7. The molecule has 1 rings (SSSR count). The second-order valence-corrected chi connectivity index (χ2v) is 7.11. The third kappa shape index (κ3) is 9.36. The molecule has 3 atom stereocenters. The molecule has 1 N–H and O–H groups in total. The third-order valence-electron chi connectivity index (χ3n) is 4.82. The number of carbonyl (C=O) groups excluding carboxylic acids is 1. The zero-order chi connectivity index (χ0) is 18.5. The quantitative estimate of drug-likeness (QED) is 0.360. The number of hydrogen-bond acceptors (Lipinski definition) is 4. The second kappa shape index (κ2) is 13.3. The zero-order valence-electron chi connectivity index (χ0n) is 16.0.